The van der Waals surface area contributed by atoms with Gasteiger partial charge in [0.2, 0.25) is 0 Å². The normalized spacial score (nSPS) is 11.9. The van der Waals surface area contributed by atoms with Gasteiger partial charge in [-0.15, -0.1) is 0 Å². The molecule has 0 aliphatic rings. The lowest BCUT2D eigenvalue weighted by atomic mass is 10.1. The molecule has 0 aromatic rings. The fourth-order valence-corrected chi connectivity index (χ4v) is 1.27. The maximum Gasteiger partial charge on any atom is 0.471 e. The summed E-state index contributed by atoms with van der Waals surface area (Å²) in [5.41, 5.74) is 0. The average molecular weight is 225 g/mol. The molecular formula is C10H18F3NO. The van der Waals surface area contributed by atoms with E-state index in [9.17, 15) is 18.0 Å². The Hall–Kier alpha value is -0.740. The van der Waals surface area contributed by atoms with Crippen LogP contribution in [-0.2, 0) is 4.79 Å². The van der Waals surface area contributed by atoms with E-state index >= 15 is 0 Å². The smallest absolute Gasteiger partial charge is 0.335 e. The zero-order valence-corrected chi connectivity index (χ0v) is 9.40. The maximum atomic E-state index is 12.1. The highest BCUT2D eigenvalue weighted by molar-refractivity contribution is 5.81. The molecule has 90 valence electrons. The van der Waals surface area contributed by atoms with Crippen LogP contribution in [0.5, 0.6) is 0 Å². The van der Waals surface area contributed by atoms with Crippen LogP contribution in [0.15, 0.2) is 0 Å². The number of halogens is 3. The molecule has 1 amide bonds. The van der Waals surface area contributed by atoms with Crippen LogP contribution in [-0.4, -0.2) is 30.1 Å². The Morgan fingerprint density at radius 1 is 1.33 bits per heavy atom. The molecule has 0 bridgehead atoms. The molecule has 0 fully saturated rings. The molecule has 0 saturated carbocycles. The lowest BCUT2D eigenvalue weighted by Crippen LogP contribution is -2.41. The molecule has 0 rings (SSSR count). The minimum atomic E-state index is -4.74. The first-order valence-electron chi connectivity index (χ1n) is 5.15. The standard InChI is InChI=1S/C10H18F3NO/c1-4-14(7-5-6-8(2)3)9(15)10(11,12)13/h8H,4-7H2,1-3H3. The zero-order valence-electron chi connectivity index (χ0n) is 9.40. The summed E-state index contributed by atoms with van der Waals surface area (Å²) in [7, 11) is 0. The van der Waals surface area contributed by atoms with Crippen molar-refractivity contribution in [3.8, 4) is 0 Å². The maximum absolute atomic E-state index is 12.1. The topological polar surface area (TPSA) is 20.3 Å². The lowest BCUT2D eigenvalue weighted by Gasteiger charge is -2.22. The second-order valence-electron chi connectivity index (χ2n) is 3.92. The van der Waals surface area contributed by atoms with E-state index in [1.807, 2.05) is 13.8 Å². The van der Waals surface area contributed by atoms with Gasteiger partial charge in [0, 0.05) is 13.1 Å². The SMILES string of the molecule is CCN(CCCC(C)C)C(=O)C(F)(F)F. The Balaban J connectivity index is 4.09. The minimum absolute atomic E-state index is 0.108. The van der Waals surface area contributed by atoms with Crippen LogP contribution in [0.25, 0.3) is 0 Å². The zero-order chi connectivity index (χ0) is 12.1. The van der Waals surface area contributed by atoms with Gasteiger partial charge < -0.3 is 4.90 Å². The van der Waals surface area contributed by atoms with E-state index in [4.69, 9.17) is 0 Å². The molecule has 0 aliphatic carbocycles. The quantitative estimate of drug-likeness (QED) is 0.704. The van der Waals surface area contributed by atoms with Crippen molar-refractivity contribution in [3.05, 3.63) is 0 Å². The number of alkyl halides is 3. The number of nitrogens with zero attached hydrogens (tertiary/aromatic N) is 1. The molecule has 5 heteroatoms. The van der Waals surface area contributed by atoms with Crippen LogP contribution in [0.3, 0.4) is 0 Å². The fraction of sp³-hybridized carbons (Fsp3) is 0.900. The summed E-state index contributed by atoms with van der Waals surface area (Å²) in [6.45, 7) is 5.85. The summed E-state index contributed by atoms with van der Waals surface area (Å²) in [6.07, 6.45) is -3.29. The van der Waals surface area contributed by atoms with Crippen LogP contribution < -0.4 is 0 Å². The van der Waals surface area contributed by atoms with Gasteiger partial charge >= 0.3 is 12.1 Å². The number of amides is 1. The van der Waals surface area contributed by atoms with Crippen LogP contribution >= 0.6 is 0 Å². The predicted molar refractivity (Wildman–Crippen MR) is 52.4 cm³/mol. The third-order valence-corrected chi connectivity index (χ3v) is 2.12. The van der Waals surface area contributed by atoms with Crippen molar-refractivity contribution in [2.75, 3.05) is 13.1 Å². The highest BCUT2D eigenvalue weighted by atomic mass is 19.4. The van der Waals surface area contributed by atoms with Crippen LogP contribution in [0, 0.1) is 5.92 Å². The van der Waals surface area contributed by atoms with Crippen molar-refractivity contribution in [2.45, 2.75) is 39.8 Å². The van der Waals surface area contributed by atoms with E-state index in [-0.39, 0.29) is 13.1 Å². The summed E-state index contributed by atoms with van der Waals surface area (Å²) in [5, 5.41) is 0. The first-order chi connectivity index (χ1) is 6.79. The van der Waals surface area contributed by atoms with E-state index in [2.05, 4.69) is 0 Å². The van der Waals surface area contributed by atoms with Gasteiger partial charge in [0.1, 0.15) is 0 Å². The Bertz CT molecular complexity index is 201. The molecule has 0 aromatic carbocycles. The number of rotatable bonds is 5. The molecule has 0 heterocycles. The van der Waals surface area contributed by atoms with Crippen molar-refractivity contribution in [2.24, 2.45) is 5.92 Å². The van der Waals surface area contributed by atoms with Crippen LogP contribution in [0.4, 0.5) is 13.2 Å². The lowest BCUT2D eigenvalue weighted by molar-refractivity contribution is -0.185. The van der Waals surface area contributed by atoms with Gasteiger partial charge in [0.15, 0.2) is 0 Å². The Morgan fingerprint density at radius 2 is 1.87 bits per heavy atom. The largest absolute Gasteiger partial charge is 0.471 e. The van der Waals surface area contributed by atoms with Crippen molar-refractivity contribution in [3.63, 3.8) is 0 Å². The molecule has 0 aromatic heterocycles. The van der Waals surface area contributed by atoms with Crippen molar-refractivity contribution >= 4 is 5.91 Å². The van der Waals surface area contributed by atoms with E-state index in [0.717, 1.165) is 11.3 Å². The predicted octanol–water partition coefficient (Wildman–Crippen LogP) is 2.83. The first kappa shape index (κ1) is 14.3. The van der Waals surface area contributed by atoms with E-state index in [1.165, 1.54) is 0 Å². The van der Waals surface area contributed by atoms with E-state index in [1.54, 1.807) is 6.92 Å². The molecular weight excluding hydrogens is 207 g/mol. The fourth-order valence-electron chi connectivity index (χ4n) is 1.27. The monoisotopic (exact) mass is 225 g/mol. The van der Waals surface area contributed by atoms with Gasteiger partial charge in [-0.3, -0.25) is 4.79 Å². The molecule has 0 aliphatic heterocycles. The molecule has 0 N–H and O–H groups in total. The van der Waals surface area contributed by atoms with E-state index in [0.29, 0.717) is 12.3 Å². The minimum Gasteiger partial charge on any atom is -0.335 e. The van der Waals surface area contributed by atoms with E-state index < -0.39 is 12.1 Å². The number of hydrogen-bond acceptors (Lipinski definition) is 1. The highest BCUT2D eigenvalue weighted by Crippen LogP contribution is 2.18. The van der Waals surface area contributed by atoms with Gasteiger partial charge in [-0.1, -0.05) is 13.8 Å². The van der Waals surface area contributed by atoms with Gasteiger partial charge in [-0.05, 0) is 25.7 Å². The number of carbonyl (C=O) groups excluding carboxylic acids is 1. The van der Waals surface area contributed by atoms with Gasteiger partial charge in [0.25, 0.3) is 0 Å². The van der Waals surface area contributed by atoms with Gasteiger partial charge in [0.05, 0.1) is 0 Å². The Kier molecular flexibility index (Phi) is 5.68. The number of carbonyl (C=O) groups is 1. The molecule has 2 nitrogen and oxygen atoms in total. The van der Waals surface area contributed by atoms with Crippen LogP contribution in [0.2, 0.25) is 0 Å². The summed E-state index contributed by atoms with van der Waals surface area (Å²) >= 11 is 0. The molecule has 0 atom stereocenters. The average Bonchev–Trinajstić information content (AvgIpc) is 2.09. The third-order valence-electron chi connectivity index (χ3n) is 2.12. The first-order valence-corrected chi connectivity index (χ1v) is 5.15. The second-order valence-corrected chi connectivity index (χ2v) is 3.92. The molecule has 15 heavy (non-hydrogen) atoms. The molecule has 0 unspecified atom stereocenters. The van der Waals surface area contributed by atoms with Crippen LogP contribution in [0.1, 0.15) is 33.6 Å². The summed E-state index contributed by atoms with van der Waals surface area (Å²) in [4.78, 5) is 11.7. The van der Waals surface area contributed by atoms with Gasteiger partial charge in [-0.2, -0.15) is 13.2 Å². The molecule has 0 saturated heterocycles. The van der Waals surface area contributed by atoms with Crippen molar-refractivity contribution < 1.29 is 18.0 Å². The Labute approximate surface area is 88.4 Å². The summed E-state index contributed by atoms with van der Waals surface area (Å²) < 4.78 is 36.2. The summed E-state index contributed by atoms with van der Waals surface area (Å²) in [5.74, 6) is -1.28. The second kappa shape index (κ2) is 5.98. The summed E-state index contributed by atoms with van der Waals surface area (Å²) in [6, 6.07) is 0. The third kappa shape index (κ3) is 5.64. The van der Waals surface area contributed by atoms with Crippen molar-refractivity contribution in [1.29, 1.82) is 0 Å². The number of hydrogen-bond donors (Lipinski definition) is 0. The van der Waals surface area contributed by atoms with Crippen molar-refractivity contribution in [1.82, 2.24) is 4.90 Å². The van der Waals surface area contributed by atoms with Gasteiger partial charge in [-0.25, -0.2) is 0 Å². The molecule has 0 spiro atoms. The molecule has 0 radical (unpaired) electrons. The Morgan fingerprint density at radius 3 is 2.20 bits per heavy atom. The highest BCUT2D eigenvalue weighted by Gasteiger charge is 2.41.